The Morgan fingerprint density at radius 2 is 2.08 bits per heavy atom. The SMILES string of the molecule is CN(CCC(=O)NC1CCCCCC1)Cc1cnc2ccccn12. The van der Waals surface area contributed by atoms with Crippen LogP contribution in [0.25, 0.3) is 5.65 Å². The quantitative estimate of drug-likeness (QED) is 0.829. The Kier molecular flexibility index (Phi) is 5.86. The molecule has 1 amide bonds. The molecule has 24 heavy (non-hydrogen) atoms. The minimum Gasteiger partial charge on any atom is -0.353 e. The fraction of sp³-hybridized carbons (Fsp3) is 0.579. The van der Waals surface area contributed by atoms with E-state index in [1.165, 1.54) is 25.7 Å². The number of aromatic nitrogens is 2. The van der Waals surface area contributed by atoms with Crippen LogP contribution in [0, 0.1) is 0 Å². The molecule has 5 heteroatoms. The molecule has 1 fully saturated rings. The summed E-state index contributed by atoms with van der Waals surface area (Å²) in [7, 11) is 2.06. The summed E-state index contributed by atoms with van der Waals surface area (Å²) in [6.07, 6.45) is 11.9. The predicted molar refractivity (Wildman–Crippen MR) is 95.8 cm³/mol. The highest BCUT2D eigenvalue weighted by Crippen LogP contribution is 2.17. The lowest BCUT2D eigenvalue weighted by atomic mass is 10.1. The van der Waals surface area contributed by atoms with Gasteiger partial charge >= 0.3 is 0 Å². The number of amides is 1. The van der Waals surface area contributed by atoms with Crippen LogP contribution in [0.15, 0.2) is 30.6 Å². The molecule has 0 radical (unpaired) electrons. The summed E-state index contributed by atoms with van der Waals surface area (Å²) in [5, 5.41) is 3.22. The van der Waals surface area contributed by atoms with Gasteiger partial charge < -0.3 is 14.6 Å². The molecule has 1 aliphatic carbocycles. The second-order valence-electron chi connectivity index (χ2n) is 6.92. The third kappa shape index (κ3) is 4.57. The van der Waals surface area contributed by atoms with Gasteiger partial charge in [0.1, 0.15) is 5.65 Å². The van der Waals surface area contributed by atoms with Gasteiger partial charge in [-0.15, -0.1) is 0 Å². The molecule has 130 valence electrons. The molecule has 0 spiro atoms. The van der Waals surface area contributed by atoms with Gasteiger partial charge in [-0.05, 0) is 32.0 Å². The first-order chi connectivity index (χ1) is 11.7. The molecule has 5 nitrogen and oxygen atoms in total. The molecule has 1 N–H and O–H groups in total. The molecule has 0 atom stereocenters. The van der Waals surface area contributed by atoms with Crippen molar-refractivity contribution in [1.29, 1.82) is 0 Å². The van der Waals surface area contributed by atoms with Crippen LogP contribution in [0.1, 0.15) is 50.6 Å². The van der Waals surface area contributed by atoms with E-state index in [0.29, 0.717) is 12.5 Å². The van der Waals surface area contributed by atoms with Crippen molar-refractivity contribution in [3.8, 4) is 0 Å². The van der Waals surface area contributed by atoms with Crippen LogP contribution < -0.4 is 5.32 Å². The number of fused-ring (bicyclic) bond motifs is 1. The van der Waals surface area contributed by atoms with E-state index < -0.39 is 0 Å². The minimum absolute atomic E-state index is 0.187. The van der Waals surface area contributed by atoms with Gasteiger partial charge in [0.15, 0.2) is 0 Å². The number of nitrogens with one attached hydrogen (secondary N) is 1. The zero-order valence-corrected chi connectivity index (χ0v) is 14.6. The summed E-state index contributed by atoms with van der Waals surface area (Å²) in [5.74, 6) is 0.187. The number of nitrogens with zero attached hydrogens (tertiary/aromatic N) is 3. The topological polar surface area (TPSA) is 49.6 Å². The average Bonchev–Trinajstić information content (AvgIpc) is 2.81. The highest BCUT2D eigenvalue weighted by atomic mass is 16.1. The fourth-order valence-electron chi connectivity index (χ4n) is 3.47. The number of hydrogen-bond donors (Lipinski definition) is 1. The lowest BCUT2D eigenvalue weighted by molar-refractivity contribution is -0.122. The third-order valence-corrected chi connectivity index (χ3v) is 4.87. The van der Waals surface area contributed by atoms with Crippen molar-refractivity contribution in [2.45, 2.75) is 57.5 Å². The van der Waals surface area contributed by atoms with Crippen LogP contribution >= 0.6 is 0 Å². The molecule has 1 saturated carbocycles. The van der Waals surface area contributed by atoms with E-state index in [-0.39, 0.29) is 5.91 Å². The Morgan fingerprint density at radius 3 is 2.88 bits per heavy atom. The highest BCUT2D eigenvalue weighted by Gasteiger charge is 2.15. The average molecular weight is 328 g/mol. The Morgan fingerprint density at radius 1 is 1.29 bits per heavy atom. The van der Waals surface area contributed by atoms with Gasteiger partial charge in [-0.25, -0.2) is 4.98 Å². The van der Waals surface area contributed by atoms with Gasteiger partial charge in [0.2, 0.25) is 5.91 Å². The third-order valence-electron chi connectivity index (χ3n) is 4.87. The van der Waals surface area contributed by atoms with Crippen molar-refractivity contribution in [2.24, 2.45) is 0 Å². The molecule has 2 aromatic rings. The number of pyridine rings is 1. The zero-order chi connectivity index (χ0) is 16.8. The first-order valence-corrected chi connectivity index (χ1v) is 9.11. The van der Waals surface area contributed by atoms with Gasteiger partial charge in [-0.3, -0.25) is 4.79 Å². The summed E-state index contributed by atoms with van der Waals surface area (Å²) in [6, 6.07) is 6.40. The summed E-state index contributed by atoms with van der Waals surface area (Å²) in [5.41, 5.74) is 2.12. The van der Waals surface area contributed by atoms with Crippen molar-refractivity contribution in [2.75, 3.05) is 13.6 Å². The Bertz CT molecular complexity index is 658. The Labute approximate surface area is 144 Å². The van der Waals surface area contributed by atoms with Gasteiger partial charge in [0.25, 0.3) is 0 Å². The molecule has 0 bridgehead atoms. The zero-order valence-electron chi connectivity index (χ0n) is 14.6. The van der Waals surface area contributed by atoms with Crippen LogP contribution in [0.2, 0.25) is 0 Å². The van der Waals surface area contributed by atoms with Crippen molar-refractivity contribution in [1.82, 2.24) is 19.6 Å². The molecule has 0 saturated heterocycles. The van der Waals surface area contributed by atoms with E-state index in [2.05, 4.69) is 26.6 Å². The molecular formula is C19H28N4O. The van der Waals surface area contributed by atoms with Gasteiger partial charge in [0.05, 0.1) is 11.9 Å². The molecular weight excluding hydrogens is 300 g/mol. The maximum atomic E-state index is 12.2. The normalized spacial score (nSPS) is 16.4. The van der Waals surface area contributed by atoms with Crippen LogP contribution in [0.3, 0.4) is 0 Å². The monoisotopic (exact) mass is 328 g/mol. The first-order valence-electron chi connectivity index (χ1n) is 9.11. The standard InChI is InChI=1S/C19H28N4O/c1-22(15-17-14-20-18-10-6-7-12-23(17)18)13-11-19(24)21-16-8-4-2-3-5-9-16/h6-7,10,12,14,16H,2-5,8-9,11,13,15H2,1H3,(H,21,24). The van der Waals surface area contributed by atoms with Gasteiger partial charge in [-0.2, -0.15) is 0 Å². The van der Waals surface area contributed by atoms with Crippen LogP contribution in [0.5, 0.6) is 0 Å². The van der Waals surface area contributed by atoms with E-state index in [9.17, 15) is 4.79 Å². The smallest absolute Gasteiger partial charge is 0.221 e. The number of hydrogen-bond acceptors (Lipinski definition) is 3. The van der Waals surface area contributed by atoms with Crippen molar-refractivity contribution < 1.29 is 4.79 Å². The summed E-state index contributed by atoms with van der Waals surface area (Å²) >= 11 is 0. The second-order valence-corrected chi connectivity index (χ2v) is 6.92. The second kappa shape index (κ2) is 8.29. The van der Waals surface area contributed by atoms with Gasteiger partial charge in [0, 0.05) is 31.7 Å². The van der Waals surface area contributed by atoms with Crippen molar-refractivity contribution in [3.05, 3.63) is 36.3 Å². The van der Waals surface area contributed by atoms with E-state index in [4.69, 9.17) is 0 Å². The Balaban J connectivity index is 1.45. The number of rotatable bonds is 6. The first kappa shape index (κ1) is 17.0. The summed E-state index contributed by atoms with van der Waals surface area (Å²) in [6.45, 7) is 1.56. The maximum Gasteiger partial charge on any atom is 0.221 e. The molecule has 1 aliphatic rings. The highest BCUT2D eigenvalue weighted by molar-refractivity contribution is 5.76. The number of carbonyl (C=O) groups excluding carboxylic acids is 1. The van der Waals surface area contributed by atoms with E-state index in [1.54, 1.807) is 0 Å². The summed E-state index contributed by atoms with van der Waals surface area (Å²) < 4.78 is 2.10. The van der Waals surface area contributed by atoms with Crippen LogP contribution in [-0.2, 0) is 11.3 Å². The van der Waals surface area contributed by atoms with E-state index in [1.807, 2.05) is 30.6 Å². The number of carbonyl (C=O) groups is 1. The van der Waals surface area contributed by atoms with Crippen molar-refractivity contribution in [3.63, 3.8) is 0 Å². The minimum atomic E-state index is 0.187. The molecule has 0 aliphatic heterocycles. The lowest BCUT2D eigenvalue weighted by Crippen LogP contribution is -2.36. The molecule has 0 unspecified atom stereocenters. The molecule has 2 heterocycles. The van der Waals surface area contributed by atoms with E-state index in [0.717, 1.165) is 37.3 Å². The van der Waals surface area contributed by atoms with Crippen molar-refractivity contribution >= 4 is 11.6 Å². The number of imidazole rings is 1. The Hall–Kier alpha value is -1.88. The summed E-state index contributed by atoms with van der Waals surface area (Å²) in [4.78, 5) is 18.8. The molecule has 2 aromatic heterocycles. The maximum absolute atomic E-state index is 12.2. The lowest BCUT2D eigenvalue weighted by Gasteiger charge is -2.19. The molecule has 3 rings (SSSR count). The largest absolute Gasteiger partial charge is 0.353 e. The van der Waals surface area contributed by atoms with Crippen LogP contribution in [0.4, 0.5) is 0 Å². The fourth-order valence-corrected chi connectivity index (χ4v) is 3.47. The van der Waals surface area contributed by atoms with Gasteiger partial charge in [-0.1, -0.05) is 31.7 Å². The molecule has 0 aromatic carbocycles. The van der Waals surface area contributed by atoms with E-state index >= 15 is 0 Å². The van der Waals surface area contributed by atoms with Crippen LogP contribution in [-0.4, -0.2) is 39.8 Å². The predicted octanol–water partition coefficient (Wildman–Crippen LogP) is 3.00.